The highest BCUT2D eigenvalue weighted by molar-refractivity contribution is 6.46. The average Bonchev–Trinajstić information content (AvgIpc) is 3.87. The third kappa shape index (κ3) is 5.16. The minimum Gasteiger partial charge on any atom is -0.0622 e. The molecule has 66 heavy (non-hydrogen) atoms. The molecule has 0 saturated heterocycles. The first-order valence-electron chi connectivity index (χ1n) is 23.2. The molecule has 14 aromatic rings. The minimum atomic E-state index is 1.21. The summed E-state index contributed by atoms with van der Waals surface area (Å²) in [6.07, 6.45) is 0. The van der Waals surface area contributed by atoms with Crippen LogP contribution in [0.15, 0.2) is 218 Å². The van der Waals surface area contributed by atoms with Crippen LogP contribution in [0.5, 0.6) is 0 Å². The summed E-state index contributed by atoms with van der Waals surface area (Å²) in [5, 5.41) is 20.8. The van der Waals surface area contributed by atoms with E-state index in [2.05, 4.69) is 232 Å². The van der Waals surface area contributed by atoms with Crippen LogP contribution in [0, 0.1) is 13.8 Å². The Bertz CT molecular complexity index is 4250. The van der Waals surface area contributed by atoms with E-state index in [9.17, 15) is 0 Å². The van der Waals surface area contributed by atoms with Gasteiger partial charge in [0.15, 0.2) is 0 Å². The monoisotopic (exact) mass is 834 g/mol. The maximum Gasteiger partial charge on any atom is -0.000674 e. The zero-order valence-electron chi connectivity index (χ0n) is 36.8. The van der Waals surface area contributed by atoms with Gasteiger partial charge in [-0.15, -0.1) is 0 Å². The van der Waals surface area contributed by atoms with Gasteiger partial charge in [-0.1, -0.05) is 200 Å². The molecule has 0 N–H and O–H groups in total. The van der Waals surface area contributed by atoms with Crippen molar-refractivity contribution in [2.45, 2.75) is 13.8 Å². The number of fused-ring (bicyclic) bond motifs is 10. The summed E-state index contributed by atoms with van der Waals surface area (Å²) in [6.45, 7) is 4.47. The van der Waals surface area contributed by atoms with Crippen LogP contribution in [-0.4, -0.2) is 0 Å². The molecule has 0 atom stereocenters. The predicted octanol–water partition coefficient (Wildman–Crippen LogP) is 18.7. The number of hydrogen-bond donors (Lipinski definition) is 0. The van der Waals surface area contributed by atoms with Gasteiger partial charge in [-0.2, -0.15) is 0 Å². The van der Waals surface area contributed by atoms with Crippen molar-refractivity contribution < 1.29 is 0 Å². The van der Waals surface area contributed by atoms with E-state index in [0.29, 0.717) is 0 Å². The molecule has 0 radical (unpaired) electrons. The molecule has 0 amide bonds. The molecule has 14 aromatic carbocycles. The fourth-order valence-corrected chi connectivity index (χ4v) is 12.1. The smallest absolute Gasteiger partial charge is 0.000674 e. The van der Waals surface area contributed by atoms with Crippen molar-refractivity contribution in [3.63, 3.8) is 0 Å². The van der Waals surface area contributed by atoms with Gasteiger partial charge < -0.3 is 0 Å². The van der Waals surface area contributed by atoms with Gasteiger partial charge in [0.25, 0.3) is 0 Å². The minimum absolute atomic E-state index is 1.21. The molecule has 0 nitrogen and oxygen atoms in total. The fourth-order valence-electron chi connectivity index (χ4n) is 12.1. The van der Waals surface area contributed by atoms with Crippen molar-refractivity contribution in [1.29, 1.82) is 0 Å². The van der Waals surface area contributed by atoms with Crippen LogP contribution in [0.4, 0.5) is 0 Å². The molecule has 0 aromatic heterocycles. The van der Waals surface area contributed by atoms with Gasteiger partial charge in [-0.25, -0.2) is 0 Å². The van der Waals surface area contributed by atoms with E-state index >= 15 is 0 Å². The highest BCUT2D eigenvalue weighted by atomic mass is 14.3. The highest BCUT2D eigenvalue weighted by Gasteiger charge is 2.29. The van der Waals surface area contributed by atoms with E-state index in [1.165, 1.54) is 153 Å². The number of benzene rings is 12. The normalized spacial score (nSPS) is 12.1. The lowest BCUT2D eigenvalue weighted by Gasteiger charge is -2.22. The molecule has 0 aliphatic carbocycles. The zero-order valence-corrected chi connectivity index (χ0v) is 36.8. The van der Waals surface area contributed by atoms with Gasteiger partial charge in [-0.05, 0) is 185 Å². The predicted molar refractivity (Wildman–Crippen MR) is 286 cm³/mol. The number of hydrogen-bond acceptors (Lipinski definition) is 0. The average molecular weight is 835 g/mol. The maximum atomic E-state index is 2.56. The second-order valence-corrected chi connectivity index (χ2v) is 18.3. The van der Waals surface area contributed by atoms with Crippen molar-refractivity contribution in [3.8, 4) is 55.6 Å². The third-order valence-corrected chi connectivity index (χ3v) is 14.8. The molecule has 14 rings (SSSR count). The highest BCUT2D eigenvalue weighted by Crippen LogP contribution is 2.57. The molecule has 0 fully saturated rings. The van der Waals surface area contributed by atoms with Crippen molar-refractivity contribution in [2.75, 3.05) is 0 Å². The van der Waals surface area contributed by atoms with Crippen LogP contribution in [0.3, 0.4) is 0 Å². The van der Waals surface area contributed by atoms with E-state index in [-0.39, 0.29) is 0 Å². The Balaban J connectivity index is 1.27. The molecular formula is C66H42. The third-order valence-electron chi connectivity index (χ3n) is 14.8. The molecule has 0 bridgehead atoms. The Morgan fingerprint density at radius 1 is 0.212 bits per heavy atom. The van der Waals surface area contributed by atoms with Crippen molar-refractivity contribution in [3.05, 3.63) is 230 Å². The lowest BCUT2D eigenvalue weighted by atomic mass is 9.81. The zero-order chi connectivity index (χ0) is 43.6. The van der Waals surface area contributed by atoms with Crippen molar-refractivity contribution >= 4 is 86.2 Å². The Labute approximate surface area is 383 Å². The molecule has 0 spiro atoms. The van der Waals surface area contributed by atoms with Crippen LogP contribution in [0.2, 0.25) is 0 Å². The van der Waals surface area contributed by atoms with Crippen LogP contribution in [0.25, 0.3) is 142 Å². The number of rotatable bonds is 5. The van der Waals surface area contributed by atoms with Crippen molar-refractivity contribution in [1.82, 2.24) is 0 Å². The van der Waals surface area contributed by atoms with Gasteiger partial charge in [-0.3, -0.25) is 0 Å². The van der Waals surface area contributed by atoms with E-state index < -0.39 is 0 Å². The molecule has 0 unspecified atom stereocenters. The maximum absolute atomic E-state index is 2.56. The molecule has 0 aliphatic heterocycles. The van der Waals surface area contributed by atoms with Crippen LogP contribution in [0.1, 0.15) is 11.1 Å². The Kier molecular flexibility index (Phi) is 7.92. The summed E-state index contributed by atoms with van der Waals surface area (Å²) in [5.74, 6) is 0. The SMILES string of the molecule is Cc1cccc(C)c1-c1ccc2cc3c4c(-c5ccccc5-c5ccccc5)c5c(cc6c7ccccc7c7cccc5c76)c(-c5ccccc5-c5ccccc5)c4c4cccc(c2c1)c43. The van der Waals surface area contributed by atoms with Gasteiger partial charge in [0.1, 0.15) is 0 Å². The molecular weight excluding hydrogens is 793 g/mol. The lowest BCUT2D eigenvalue weighted by Crippen LogP contribution is -1.94. The second-order valence-electron chi connectivity index (χ2n) is 18.3. The summed E-state index contributed by atoms with van der Waals surface area (Å²) in [4.78, 5) is 0. The number of aryl methyl sites for hydroxylation is 2. The molecule has 306 valence electrons. The van der Waals surface area contributed by atoms with Crippen LogP contribution in [-0.2, 0) is 0 Å². The van der Waals surface area contributed by atoms with Crippen LogP contribution < -0.4 is 0 Å². The van der Waals surface area contributed by atoms with Gasteiger partial charge in [0.2, 0.25) is 0 Å². The lowest BCUT2D eigenvalue weighted by molar-refractivity contribution is 1.38. The van der Waals surface area contributed by atoms with Gasteiger partial charge in [0.05, 0.1) is 0 Å². The largest absolute Gasteiger partial charge is 0.0622 e. The van der Waals surface area contributed by atoms with Gasteiger partial charge in [0, 0.05) is 0 Å². The topological polar surface area (TPSA) is 0 Å². The first-order chi connectivity index (χ1) is 32.6. The van der Waals surface area contributed by atoms with Gasteiger partial charge >= 0.3 is 0 Å². The summed E-state index contributed by atoms with van der Waals surface area (Å²) in [6, 6.07) is 82.2. The molecule has 0 saturated carbocycles. The summed E-state index contributed by atoms with van der Waals surface area (Å²) < 4.78 is 0. The van der Waals surface area contributed by atoms with Crippen LogP contribution >= 0.6 is 0 Å². The Morgan fingerprint density at radius 2 is 0.682 bits per heavy atom. The quantitative estimate of drug-likeness (QED) is 0.152. The molecule has 0 aliphatic rings. The van der Waals surface area contributed by atoms with E-state index in [4.69, 9.17) is 0 Å². The molecule has 0 heteroatoms. The Hall–Kier alpha value is -8.32. The van der Waals surface area contributed by atoms with Crippen molar-refractivity contribution in [2.24, 2.45) is 0 Å². The fraction of sp³-hybridized carbons (Fsp3) is 0.0303. The standard InChI is InChI=1S/C66H42/c1-39-18-15-19-40(2)59(39)44-35-34-43-36-57-61-52(55(43)37-44)31-17-33-54(61)65-62(49-28-13-9-24-45(49)41-20-5-3-6-21-41)58-38-56-48-27-12-11-26-47(48)51-30-16-32-53(60(51)56)63(58)64(66(57)65)50-29-14-10-25-46(50)42-22-7-4-8-23-42/h3-38H,1-2H3. The summed E-state index contributed by atoms with van der Waals surface area (Å²) in [5.41, 5.74) is 15.1. The van der Waals surface area contributed by atoms with E-state index in [0.717, 1.165) is 0 Å². The summed E-state index contributed by atoms with van der Waals surface area (Å²) in [7, 11) is 0. The van der Waals surface area contributed by atoms with E-state index in [1.54, 1.807) is 0 Å². The first-order valence-corrected chi connectivity index (χ1v) is 23.2. The first kappa shape index (κ1) is 37.1. The van der Waals surface area contributed by atoms with E-state index in [1.807, 2.05) is 0 Å². The molecule has 0 heterocycles. The second kappa shape index (κ2) is 14.1. The summed E-state index contributed by atoms with van der Waals surface area (Å²) >= 11 is 0. The Morgan fingerprint density at radius 3 is 1.33 bits per heavy atom.